The van der Waals surface area contributed by atoms with Gasteiger partial charge in [0.1, 0.15) is 30.5 Å². The highest BCUT2D eigenvalue weighted by molar-refractivity contribution is 7.90. The smallest absolute Gasteiger partial charge is 0.390 e. The van der Waals surface area contributed by atoms with Crippen LogP contribution in [0.15, 0.2) is 71.9 Å². The van der Waals surface area contributed by atoms with E-state index in [0.29, 0.717) is 41.4 Å². The molecule has 1 N–H and O–H groups in total. The molecule has 1 atom stereocenters. The lowest BCUT2D eigenvalue weighted by Gasteiger charge is -2.16. The van der Waals surface area contributed by atoms with Gasteiger partial charge in [-0.15, -0.1) is 0 Å². The second-order valence-electron chi connectivity index (χ2n) is 10.7. The first kappa shape index (κ1) is 36.1. The molecule has 0 aliphatic carbocycles. The molecular formula is C29H36N5O10PS. The minimum Gasteiger partial charge on any atom is -0.488 e. The van der Waals surface area contributed by atoms with Crippen molar-refractivity contribution in [1.82, 2.24) is 19.6 Å². The number of nitro groups is 1. The summed E-state index contributed by atoms with van der Waals surface area (Å²) in [5.41, 5.74) is 0.928. The van der Waals surface area contributed by atoms with E-state index in [-0.39, 0.29) is 35.8 Å². The van der Waals surface area contributed by atoms with Crippen LogP contribution in [0.2, 0.25) is 0 Å². The van der Waals surface area contributed by atoms with Gasteiger partial charge in [-0.2, -0.15) is 9.78 Å². The molecule has 0 aliphatic rings. The minimum absolute atomic E-state index is 0.0459. The van der Waals surface area contributed by atoms with Crippen LogP contribution in [-0.4, -0.2) is 83.2 Å². The second-order valence-corrected chi connectivity index (χ2v) is 16.1. The summed E-state index contributed by atoms with van der Waals surface area (Å²) in [7, 11) is -4.06. The number of benzene rings is 2. The molecule has 15 nitrogen and oxygen atoms in total. The SMILES string of the molecule is COC[C@H](C)Oc1cc(Oc2ccc(S(C)(=O)=O)cc2)cc(C(=O)Cc2ccn(CP(C)(C)=O)n2)c1.O=[N+]([O-])c1ccn(CO)n1. The van der Waals surface area contributed by atoms with Crippen molar-refractivity contribution in [2.75, 3.05) is 33.3 Å². The molecule has 0 fully saturated rings. The van der Waals surface area contributed by atoms with E-state index >= 15 is 0 Å². The monoisotopic (exact) mass is 677 g/mol. The highest BCUT2D eigenvalue weighted by atomic mass is 32.2. The molecule has 0 spiro atoms. The molecule has 0 bridgehead atoms. The molecule has 0 saturated carbocycles. The first-order valence-electron chi connectivity index (χ1n) is 13.7. The molecule has 2 aromatic carbocycles. The summed E-state index contributed by atoms with van der Waals surface area (Å²) in [6.45, 7) is 5.23. The maximum atomic E-state index is 13.1. The number of ketones is 1. The zero-order chi connectivity index (χ0) is 34.1. The van der Waals surface area contributed by atoms with E-state index in [4.69, 9.17) is 19.3 Å². The number of hydrogen-bond acceptors (Lipinski definition) is 12. The van der Waals surface area contributed by atoms with Crippen molar-refractivity contribution in [3.8, 4) is 17.2 Å². The summed E-state index contributed by atoms with van der Waals surface area (Å²) < 4.78 is 55.1. The molecule has 46 heavy (non-hydrogen) atoms. The minimum atomic E-state index is -3.33. The standard InChI is InChI=1S/C25H31N2O7PS.C4H5N3O3/c1-18(16-32-2)33-22-12-19(25(28)14-20-10-11-27(26-20)17-35(3,4)29)13-23(15-22)34-21-6-8-24(9-7-21)36(5,30)31;8-3-6-2-1-4(5-6)7(9)10/h6-13,15,18H,14,16-17H2,1-5H3;1-2,8H,3H2/t18-;/m0./s1. The lowest BCUT2D eigenvalue weighted by Crippen LogP contribution is -2.18. The molecule has 0 amide bonds. The predicted molar refractivity (Wildman–Crippen MR) is 169 cm³/mol. The maximum Gasteiger partial charge on any atom is 0.390 e. The number of aliphatic hydroxyl groups excluding tert-OH is 1. The molecule has 0 aliphatic heterocycles. The molecule has 4 rings (SSSR count). The Morgan fingerprint density at radius 3 is 2.22 bits per heavy atom. The van der Waals surface area contributed by atoms with E-state index in [1.165, 1.54) is 24.4 Å². The number of carbonyl (C=O) groups is 1. The summed E-state index contributed by atoms with van der Waals surface area (Å²) in [6, 6.07) is 13.9. The average molecular weight is 678 g/mol. The maximum absolute atomic E-state index is 13.1. The number of Topliss-reactive ketones (excluding diaryl/α,β-unsaturated/α-hetero) is 1. The van der Waals surface area contributed by atoms with Crippen LogP contribution in [0.3, 0.4) is 0 Å². The van der Waals surface area contributed by atoms with Crippen molar-refractivity contribution >= 4 is 28.6 Å². The Balaban J connectivity index is 0.000000489. The van der Waals surface area contributed by atoms with E-state index < -0.39 is 21.9 Å². The number of aromatic nitrogens is 4. The number of nitrogens with zero attached hydrogens (tertiary/aromatic N) is 5. The van der Waals surface area contributed by atoms with Gasteiger partial charge in [-0.3, -0.25) is 9.48 Å². The third-order valence-corrected chi connectivity index (χ3v) is 8.01. The predicted octanol–water partition coefficient (Wildman–Crippen LogP) is 4.24. The van der Waals surface area contributed by atoms with E-state index in [2.05, 4.69) is 10.2 Å². The van der Waals surface area contributed by atoms with Crippen LogP contribution in [0.4, 0.5) is 5.82 Å². The zero-order valence-corrected chi connectivity index (χ0v) is 27.7. The summed E-state index contributed by atoms with van der Waals surface area (Å²) >= 11 is 0. The van der Waals surface area contributed by atoms with Crippen molar-refractivity contribution < 1.29 is 42.0 Å². The molecule has 0 unspecified atom stereocenters. The molecular weight excluding hydrogens is 641 g/mol. The van der Waals surface area contributed by atoms with Gasteiger partial charge < -0.3 is 34.0 Å². The third kappa shape index (κ3) is 11.5. The fraction of sp³-hybridized carbons (Fsp3) is 0.345. The van der Waals surface area contributed by atoms with Gasteiger partial charge in [-0.25, -0.2) is 8.42 Å². The molecule has 0 radical (unpaired) electrons. The van der Waals surface area contributed by atoms with Gasteiger partial charge in [0.05, 0.1) is 47.3 Å². The van der Waals surface area contributed by atoms with Gasteiger partial charge in [0.15, 0.2) is 22.4 Å². The fourth-order valence-corrected chi connectivity index (χ4v) is 5.46. The highest BCUT2D eigenvalue weighted by Gasteiger charge is 2.16. The van der Waals surface area contributed by atoms with Crippen molar-refractivity contribution in [3.63, 3.8) is 0 Å². The number of ether oxygens (including phenoxy) is 3. The third-order valence-electron chi connectivity index (χ3n) is 5.91. The largest absolute Gasteiger partial charge is 0.488 e. The van der Waals surface area contributed by atoms with Crippen molar-refractivity contribution in [1.29, 1.82) is 0 Å². The molecule has 0 saturated heterocycles. The summed E-state index contributed by atoms with van der Waals surface area (Å²) in [5.74, 6) is 0.741. The molecule has 2 aromatic heterocycles. The summed E-state index contributed by atoms with van der Waals surface area (Å²) in [5, 5.41) is 26.2. The van der Waals surface area contributed by atoms with Crippen LogP contribution in [-0.2, 0) is 38.6 Å². The van der Waals surface area contributed by atoms with Crippen LogP contribution < -0.4 is 9.47 Å². The summed E-state index contributed by atoms with van der Waals surface area (Å²) in [6.07, 6.45) is 4.26. The van der Waals surface area contributed by atoms with Gasteiger partial charge in [0.2, 0.25) is 0 Å². The summed E-state index contributed by atoms with van der Waals surface area (Å²) in [4.78, 5) is 22.7. The van der Waals surface area contributed by atoms with Crippen LogP contribution in [0.25, 0.3) is 0 Å². The van der Waals surface area contributed by atoms with E-state index in [9.17, 15) is 27.9 Å². The Hall–Kier alpha value is -4.37. The number of methoxy groups -OCH3 is 1. The molecule has 4 aromatic rings. The van der Waals surface area contributed by atoms with Gasteiger partial charge in [-0.1, -0.05) is 0 Å². The fourth-order valence-electron chi connectivity index (χ4n) is 3.97. The topological polar surface area (TPSA) is 195 Å². The average Bonchev–Trinajstić information content (AvgIpc) is 3.62. The Labute approximate surface area is 266 Å². The van der Waals surface area contributed by atoms with Gasteiger partial charge in [0, 0.05) is 31.2 Å². The molecule has 248 valence electrons. The number of rotatable bonds is 14. The number of aliphatic hydroxyl groups is 1. The Morgan fingerprint density at radius 1 is 1.02 bits per heavy atom. The van der Waals surface area contributed by atoms with E-state index in [1.807, 2.05) is 6.92 Å². The number of sulfone groups is 1. The quantitative estimate of drug-likeness (QED) is 0.0864. The van der Waals surface area contributed by atoms with Gasteiger partial charge in [0.25, 0.3) is 0 Å². The lowest BCUT2D eigenvalue weighted by atomic mass is 10.1. The van der Waals surface area contributed by atoms with E-state index in [1.54, 1.807) is 67.7 Å². The molecule has 2 heterocycles. The van der Waals surface area contributed by atoms with E-state index in [0.717, 1.165) is 10.9 Å². The highest BCUT2D eigenvalue weighted by Crippen LogP contribution is 2.37. The Morgan fingerprint density at radius 2 is 1.67 bits per heavy atom. The van der Waals surface area contributed by atoms with Gasteiger partial charge >= 0.3 is 5.82 Å². The Bertz CT molecular complexity index is 1800. The normalized spacial score (nSPS) is 12.1. The van der Waals surface area contributed by atoms with Crippen molar-refractivity contribution in [2.45, 2.75) is 37.4 Å². The van der Waals surface area contributed by atoms with Crippen LogP contribution in [0, 0.1) is 10.1 Å². The first-order valence-corrected chi connectivity index (χ1v) is 18.4. The van der Waals surface area contributed by atoms with Crippen LogP contribution in [0.1, 0.15) is 23.0 Å². The molecule has 17 heteroatoms. The van der Waals surface area contributed by atoms with Crippen molar-refractivity contribution in [3.05, 3.63) is 88.4 Å². The van der Waals surface area contributed by atoms with Crippen LogP contribution >= 0.6 is 7.14 Å². The lowest BCUT2D eigenvalue weighted by molar-refractivity contribution is -0.389. The van der Waals surface area contributed by atoms with Crippen LogP contribution in [0.5, 0.6) is 17.2 Å². The number of hydrogen-bond donors (Lipinski definition) is 1. The first-order chi connectivity index (χ1) is 21.6. The second kappa shape index (κ2) is 15.8. The zero-order valence-electron chi connectivity index (χ0n) is 26.0. The Kier molecular flexibility index (Phi) is 12.4. The van der Waals surface area contributed by atoms with Crippen molar-refractivity contribution in [2.24, 2.45) is 0 Å². The number of carbonyl (C=O) groups excluding carboxylic acids is 1. The van der Waals surface area contributed by atoms with Gasteiger partial charge in [-0.05, 0) is 67.6 Å².